The van der Waals surface area contributed by atoms with Crippen molar-refractivity contribution in [3.05, 3.63) is 69.2 Å². The molecule has 0 radical (unpaired) electrons. The Labute approximate surface area is 143 Å². The molecule has 5 heteroatoms. The summed E-state index contributed by atoms with van der Waals surface area (Å²) in [6.45, 7) is 2.23. The van der Waals surface area contributed by atoms with Gasteiger partial charge in [-0.15, -0.1) is 0 Å². The van der Waals surface area contributed by atoms with E-state index in [0.717, 1.165) is 22.2 Å². The van der Waals surface area contributed by atoms with Gasteiger partial charge < -0.3 is 14.8 Å². The second-order valence-corrected chi connectivity index (χ2v) is 6.68. The van der Waals surface area contributed by atoms with Gasteiger partial charge in [0.15, 0.2) is 0 Å². The van der Waals surface area contributed by atoms with Crippen molar-refractivity contribution in [3.8, 4) is 11.4 Å². The molecular formula is C20H16N2O3. The molecule has 1 aliphatic heterocycles. The Balaban J connectivity index is 1.82. The second kappa shape index (κ2) is 4.58. The SMILES string of the molecule is CCC1(O)C(O)=Cc2c1cc1n(c2=O)Cc2cc3ccccc3nc2-1. The Morgan fingerprint density at radius 1 is 1.28 bits per heavy atom. The molecule has 5 rings (SSSR count). The average molecular weight is 332 g/mol. The first-order valence-corrected chi connectivity index (χ1v) is 8.34. The fraction of sp³-hybridized carbons (Fsp3) is 0.200. The Bertz CT molecular complexity index is 1160. The van der Waals surface area contributed by atoms with Gasteiger partial charge in [-0.3, -0.25) is 4.79 Å². The van der Waals surface area contributed by atoms with E-state index >= 15 is 0 Å². The zero-order valence-corrected chi connectivity index (χ0v) is 13.7. The first kappa shape index (κ1) is 14.4. The molecular weight excluding hydrogens is 316 g/mol. The quantitative estimate of drug-likeness (QED) is 0.562. The molecule has 25 heavy (non-hydrogen) atoms. The molecule has 3 heterocycles. The summed E-state index contributed by atoms with van der Waals surface area (Å²) in [4.78, 5) is 17.7. The lowest BCUT2D eigenvalue weighted by Crippen LogP contribution is -2.29. The Kier molecular flexibility index (Phi) is 2.64. The van der Waals surface area contributed by atoms with Crippen molar-refractivity contribution in [2.45, 2.75) is 25.5 Å². The van der Waals surface area contributed by atoms with Crippen LogP contribution in [0.15, 0.2) is 47.0 Å². The Morgan fingerprint density at radius 2 is 2.08 bits per heavy atom. The van der Waals surface area contributed by atoms with E-state index in [1.807, 2.05) is 24.3 Å². The molecule has 0 saturated carbocycles. The van der Waals surface area contributed by atoms with Crippen LogP contribution in [0.5, 0.6) is 0 Å². The Morgan fingerprint density at radius 3 is 2.88 bits per heavy atom. The van der Waals surface area contributed by atoms with E-state index in [1.165, 1.54) is 6.08 Å². The molecule has 0 saturated heterocycles. The molecule has 1 unspecified atom stereocenters. The summed E-state index contributed by atoms with van der Waals surface area (Å²) in [6.07, 6.45) is 1.69. The van der Waals surface area contributed by atoms with Crippen LogP contribution < -0.4 is 5.56 Å². The first-order chi connectivity index (χ1) is 12.0. The third kappa shape index (κ3) is 1.71. The van der Waals surface area contributed by atoms with Crippen molar-refractivity contribution < 1.29 is 10.2 Å². The lowest BCUT2D eigenvalue weighted by molar-refractivity contribution is 0.0338. The maximum absolute atomic E-state index is 12.9. The number of nitrogens with zero attached hydrogens (tertiary/aromatic N) is 2. The lowest BCUT2D eigenvalue weighted by atomic mass is 9.92. The molecule has 0 amide bonds. The van der Waals surface area contributed by atoms with E-state index < -0.39 is 5.60 Å². The molecule has 1 aromatic carbocycles. The highest BCUT2D eigenvalue weighted by atomic mass is 16.3. The van der Waals surface area contributed by atoms with E-state index in [4.69, 9.17) is 4.98 Å². The minimum absolute atomic E-state index is 0.168. The fourth-order valence-electron chi connectivity index (χ4n) is 3.94. The fourth-order valence-corrected chi connectivity index (χ4v) is 3.94. The number of hydrogen-bond acceptors (Lipinski definition) is 4. The molecule has 5 nitrogen and oxygen atoms in total. The predicted molar refractivity (Wildman–Crippen MR) is 95.3 cm³/mol. The van der Waals surface area contributed by atoms with Crippen LogP contribution in [0.4, 0.5) is 0 Å². The number of pyridine rings is 2. The van der Waals surface area contributed by atoms with Gasteiger partial charge in [-0.25, -0.2) is 4.98 Å². The molecule has 0 spiro atoms. The highest BCUT2D eigenvalue weighted by Crippen LogP contribution is 2.42. The van der Waals surface area contributed by atoms with Crippen molar-refractivity contribution in [2.24, 2.45) is 0 Å². The van der Waals surface area contributed by atoms with Gasteiger partial charge in [-0.2, -0.15) is 0 Å². The second-order valence-electron chi connectivity index (χ2n) is 6.68. The lowest BCUT2D eigenvalue weighted by Gasteiger charge is -2.23. The van der Waals surface area contributed by atoms with Gasteiger partial charge in [0.05, 0.1) is 23.4 Å². The number of aromatic nitrogens is 2. The monoisotopic (exact) mass is 332 g/mol. The minimum atomic E-state index is -1.50. The molecule has 2 aromatic heterocycles. The summed E-state index contributed by atoms with van der Waals surface area (Å²) in [5.74, 6) is -0.168. The smallest absolute Gasteiger partial charge is 0.259 e. The third-order valence-electron chi connectivity index (χ3n) is 5.37. The van der Waals surface area contributed by atoms with E-state index in [9.17, 15) is 15.0 Å². The summed E-state index contributed by atoms with van der Waals surface area (Å²) in [5.41, 5.74) is 2.45. The minimum Gasteiger partial charge on any atom is -0.509 e. The van der Waals surface area contributed by atoms with Crippen LogP contribution in [-0.2, 0) is 12.1 Å². The van der Waals surface area contributed by atoms with Crippen LogP contribution in [0, 0.1) is 0 Å². The molecule has 2 aliphatic rings. The number of aliphatic hydroxyl groups excluding tert-OH is 1. The van der Waals surface area contributed by atoms with Crippen LogP contribution in [-0.4, -0.2) is 19.8 Å². The molecule has 0 fully saturated rings. The summed E-state index contributed by atoms with van der Waals surface area (Å²) >= 11 is 0. The highest BCUT2D eigenvalue weighted by Gasteiger charge is 2.41. The molecule has 2 N–H and O–H groups in total. The van der Waals surface area contributed by atoms with Gasteiger partial charge in [-0.05, 0) is 30.7 Å². The maximum Gasteiger partial charge on any atom is 0.259 e. The molecule has 1 aliphatic carbocycles. The van der Waals surface area contributed by atoms with E-state index in [0.29, 0.717) is 29.8 Å². The van der Waals surface area contributed by atoms with Crippen molar-refractivity contribution in [1.82, 2.24) is 9.55 Å². The largest absolute Gasteiger partial charge is 0.509 e. The first-order valence-electron chi connectivity index (χ1n) is 8.34. The average Bonchev–Trinajstić information content (AvgIpc) is 3.10. The number of fused-ring (bicyclic) bond motifs is 5. The summed E-state index contributed by atoms with van der Waals surface area (Å²) in [5, 5.41) is 22.0. The number of para-hydroxylation sites is 1. The summed E-state index contributed by atoms with van der Waals surface area (Å²) in [7, 11) is 0. The van der Waals surface area contributed by atoms with Crippen molar-refractivity contribution in [2.75, 3.05) is 0 Å². The number of benzene rings is 1. The zero-order valence-electron chi connectivity index (χ0n) is 13.7. The normalized spacial score (nSPS) is 20.3. The van der Waals surface area contributed by atoms with Gasteiger partial charge in [0.2, 0.25) is 0 Å². The number of rotatable bonds is 1. The molecule has 124 valence electrons. The predicted octanol–water partition coefficient (Wildman–Crippen LogP) is 2.94. The van der Waals surface area contributed by atoms with Crippen LogP contribution in [0.25, 0.3) is 28.4 Å². The van der Waals surface area contributed by atoms with Gasteiger partial charge in [0, 0.05) is 22.1 Å². The topological polar surface area (TPSA) is 75.3 Å². The van der Waals surface area contributed by atoms with Crippen LogP contribution in [0.2, 0.25) is 0 Å². The van der Waals surface area contributed by atoms with Crippen molar-refractivity contribution in [1.29, 1.82) is 0 Å². The van der Waals surface area contributed by atoms with Gasteiger partial charge in [0.1, 0.15) is 11.4 Å². The third-order valence-corrected chi connectivity index (χ3v) is 5.37. The summed E-state index contributed by atoms with van der Waals surface area (Å²) < 4.78 is 1.67. The molecule has 0 bridgehead atoms. The standard InChI is InChI=1S/C20H16N2O3/c1-2-20(25)14-9-16-18-12(7-11-5-3-4-6-15(11)21-18)10-22(16)19(24)13(14)8-17(20)23/h3-9,23,25H,2,10H2,1H3. The number of hydrogen-bond donors (Lipinski definition) is 2. The van der Waals surface area contributed by atoms with Crippen LogP contribution in [0.3, 0.4) is 0 Å². The van der Waals surface area contributed by atoms with Gasteiger partial charge >= 0.3 is 0 Å². The highest BCUT2D eigenvalue weighted by molar-refractivity contribution is 5.84. The molecule has 3 aromatic rings. The summed E-state index contributed by atoms with van der Waals surface area (Å²) in [6, 6.07) is 11.7. The van der Waals surface area contributed by atoms with E-state index in [-0.39, 0.29) is 11.3 Å². The molecule has 1 atom stereocenters. The number of aliphatic hydroxyl groups is 2. The van der Waals surface area contributed by atoms with E-state index in [1.54, 1.807) is 17.6 Å². The van der Waals surface area contributed by atoms with Crippen LogP contribution in [0.1, 0.15) is 30.0 Å². The Hall–Kier alpha value is -2.92. The van der Waals surface area contributed by atoms with Crippen molar-refractivity contribution in [3.63, 3.8) is 0 Å². The van der Waals surface area contributed by atoms with E-state index in [2.05, 4.69) is 6.07 Å². The van der Waals surface area contributed by atoms with Crippen molar-refractivity contribution >= 4 is 17.0 Å². The maximum atomic E-state index is 12.9. The van der Waals surface area contributed by atoms with Crippen LogP contribution >= 0.6 is 0 Å². The zero-order chi connectivity index (χ0) is 17.3. The van der Waals surface area contributed by atoms with Gasteiger partial charge in [-0.1, -0.05) is 25.1 Å². The van der Waals surface area contributed by atoms with Gasteiger partial charge in [0.25, 0.3) is 5.56 Å².